The molecule has 0 spiro atoms. The number of β-amino-alcohol motifs (C(OH)–C–C–N with tert-alkyl or cyclic N) is 1. The largest absolute Gasteiger partial charge is 0.396 e. The Bertz CT molecular complexity index is 921. The molecule has 4 rings (SSSR count). The topological polar surface area (TPSA) is 82.4 Å². The summed E-state index contributed by atoms with van der Waals surface area (Å²) in [4.78, 5) is 15.5. The number of hydrogen-bond donors (Lipinski definition) is 2. The molecule has 1 fully saturated rings. The average molecular weight is 383 g/mol. The fraction of sp³-hybridized carbons (Fsp3) is 0.250. The van der Waals surface area contributed by atoms with E-state index in [1.807, 2.05) is 47.4 Å². The lowest BCUT2D eigenvalue weighted by Gasteiger charge is -2.19. The molecule has 1 aliphatic heterocycles. The van der Waals surface area contributed by atoms with Gasteiger partial charge < -0.3 is 15.1 Å². The van der Waals surface area contributed by atoms with Gasteiger partial charge in [-0.25, -0.2) is 9.97 Å². The second kappa shape index (κ2) is 7.60. The number of anilines is 1. The van der Waals surface area contributed by atoms with Crippen molar-refractivity contribution in [2.45, 2.75) is 6.10 Å². The van der Waals surface area contributed by atoms with Gasteiger partial charge >= 0.3 is 0 Å². The van der Waals surface area contributed by atoms with Gasteiger partial charge in [0, 0.05) is 53.6 Å². The van der Waals surface area contributed by atoms with E-state index in [1.54, 1.807) is 12.4 Å². The van der Waals surface area contributed by atoms with Crippen LogP contribution in [-0.2, 0) is 0 Å². The molecule has 0 amide bonds. The van der Waals surface area contributed by atoms with E-state index in [0.717, 1.165) is 16.8 Å². The first-order valence-electron chi connectivity index (χ1n) is 8.73. The SMILES string of the molecule is OCC1CN(c2cc(-c3ccc(Cl)cc3)nc(-c3cccnc3)n2)CC1O. The van der Waals surface area contributed by atoms with Gasteiger partial charge in [0.15, 0.2) is 5.82 Å². The smallest absolute Gasteiger partial charge is 0.163 e. The summed E-state index contributed by atoms with van der Waals surface area (Å²) in [6, 6.07) is 13.1. The summed E-state index contributed by atoms with van der Waals surface area (Å²) >= 11 is 6.01. The first-order chi connectivity index (χ1) is 13.1. The molecule has 27 heavy (non-hydrogen) atoms. The van der Waals surface area contributed by atoms with E-state index in [9.17, 15) is 10.2 Å². The van der Waals surface area contributed by atoms with E-state index in [1.165, 1.54) is 0 Å². The highest BCUT2D eigenvalue weighted by atomic mass is 35.5. The maximum atomic E-state index is 10.2. The van der Waals surface area contributed by atoms with Crippen molar-refractivity contribution in [3.05, 3.63) is 59.9 Å². The van der Waals surface area contributed by atoms with Crippen LogP contribution in [0, 0.1) is 5.92 Å². The maximum Gasteiger partial charge on any atom is 0.163 e. The van der Waals surface area contributed by atoms with Crippen LogP contribution in [0.2, 0.25) is 5.02 Å². The van der Waals surface area contributed by atoms with Crippen LogP contribution in [0.4, 0.5) is 5.82 Å². The molecule has 0 radical (unpaired) electrons. The number of pyridine rings is 1. The molecule has 1 saturated heterocycles. The van der Waals surface area contributed by atoms with Crippen LogP contribution in [0.5, 0.6) is 0 Å². The minimum atomic E-state index is -0.578. The number of rotatable bonds is 4. The summed E-state index contributed by atoms with van der Waals surface area (Å²) in [6.07, 6.45) is 2.85. The van der Waals surface area contributed by atoms with Crippen molar-refractivity contribution in [2.24, 2.45) is 5.92 Å². The first kappa shape index (κ1) is 17.9. The molecule has 7 heteroatoms. The number of halogens is 1. The molecule has 0 saturated carbocycles. The Morgan fingerprint density at radius 1 is 1.07 bits per heavy atom. The molecule has 138 valence electrons. The third-order valence-electron chi connectivity index (χ3n) is 4.74. The van der Waals surface area contributed by atoms with E-state index in [-0.39, 0.29) is 12.5 Å². The second-order valence-corrected chi connectivity index (χ2v) is 7.04. The fourth-order valence-electron chi connectivity index (χ4n) is 3.21. The maximum absolute atomic E-state index is 10.2. The molecule has 3 heterocycles. The van der Waals surface area contributed by atoms with Gasteiger partial charge in [-0.2, -0.15) is 0 Å². The van der Waals surface area contributed by atoms with Crippen molar-refractivity contribution in [3.63, 3.8) is 0 Å². The third kappa shape index (κ3) is 3.78. The Labute approximate surface area is 162 Å². The molecular formula is C20H19ClN4O2. The summed E-state index contributed by atoms with van der Waals surface area (Å²) in [5.41, 5.74) is 2.50. The predicted octanol–water partition coefficient (Wildman–Crippen LogP) is 2.65. The number of nitrogens with zero attached hydrogens (tertiary/aromatic N) is 4. The molecule has 1 aliphatic rings. The number of aliphatic hydroxyl groups excluding tert-OH is 2. The molecular weight excluding hydrogens is 364 g/mol. The van der Waals surface area contributed by atoms with Crippen LogP contribution in [-0.4, -0.2) is 51.0 Å². The zero-order valence-electron chi connectivity index (χ0n) is 14.5. The Morgan fingerprint density at radius 3 is 2.56 bits per heavy atom. The Morgan fingerprint density at radius 2 is 1.89 bits per heavy atom. The molecule has 2 unspecified atom stereocenters. The van der Waals surface area contributed by atoms with Gasteiger partial charge in [-0.05, 0) is 24.3 Å². The monoisotopic (exact) mass is 382 g/mol. The van der Waals surface area contributed by atoms with E-state index in [0.29, 0.717) is 29.8 Å². The van der Waals surface area contributed by atoms with Crippen LogP contribution in [0.3, 0.4) is 0 Å². The number of aromatic nitrogens is 3. The summed E-state index contributed by atoms with van der Waals surface area (Å²) in [6.45, 7) is 0.915. The lowest BCUT2D eigenvalue weighted by atomic mass is 10.1. The standard InChI is InChI=1S/C20H19ClN4O2/c21-16-5-3-13(4-6-16)17-8-19(25-10-15(12-26)18(27)11-25)24-20(23-17)14-2-1-7-22-9-14/h1-9,15,18,26-27H,10-12H2. The quantitative estimate of drug-likeness (QED) is 0.721. The highest BCUT2D eigenvalue weighted by Crippen LogP contribution is 2.29. The Balaban J connectivity index is 1.79. The van der Waals surface area contributed by atoms with Gasteiger partial charge in [0.25, 0.3) is 0 Å². The normalized spacial score (nSPS) is 19.4. The van der Waals surface area contributed by atoms with Crippen molar-refractivity contribution >= 4 is 17.4 Å². The van der Waals surface area contributed by atoms with Crippen LogP contribution in [0.1, 0.15) is 0 Å². The fourth-order valence-corrected chi connectivity index (χ4v) is 3.34. The van der Waals surface area contributed by atoms with Gasteiger partial charge in [-0.3, -0.25) is 4.98 Å². The van der Waals surface area contributed by atoms with Crippen LogP contribution >= 0.6 is 11.6 Å². The first-order valence-corrected chi connectivity index (χ1v) is 9.11. The van der Waals surface area contributed by atoms with Crippen LogP contribution in [0.25, 0.3) is 22.6 Å². The minimum absolute atomic E-state index is 0.0533. The highest BCUT2D eigenvalue weighted by Gasteiger charge is 2.32. The van der Waals surface area contributed by atoms with Crippen molar-refractivity contribution in [1.82, 2.24) is 15.0 Å². The van der Waals surface area contributed by atoms with Gasteiger partial charge in [0.2, 0.25) is 0 Å². The number of hydrogen-bond acceptors (Lipinski definition) is 6. The van der Waals surface area contributed by atoms with Gasteiger partial charge in [-0.15, -0.1) is 0 Å². The van der Waals surface area contributed by atoms with E-state index >= 15 is 0 Å². The Hall–Kier alpha value is -2.54. The molecule has 2 N–H and O–H groups in total. The highest BCUT2D eigenvalue weighted by molar-refractivity contribution is 6.30. The minimum Gasteiger partial charge on any atom is -0.396 e. The van der Waals surface area contributed by atoms with E-state index < -0.39 is 6.10 Å². The van der Waals surface area contributed by atoms with Crippen molar-refractivity contribution in [2.75, 3.05) is 24.6 Å². The molecule has 2 aromatic heterocycles. The van der Waals surface area contributed by atoms with Gasteiger partial charge in [0.1, 0.15) is 5.82 Å². The predicted molar refractivity (Wildman–Crippen MR) is 105 cm³/mol. The zero-order valence-corrected chi connectivity index (χ0v) is 15.3. The zero-order chi connectivity index (χ0) is 18.8. The summed E-state index contributed by atoms with van der Waals surface area (Å²) in [7, 11) is 0. The Kier molecular flexibility index (Phi) is 5.03. The lowest BCUT2D eigenvalue weighted by molar-refractivity contribution is 0.104. The van der Waals surface area contributed by atoms with Crippen molar-refractivity contribution in [1.29, 1.82) is 0 Å². The second-order valence-electron chi connectivity index (χ2n) is 6.60. The molecule has 2 atom stereocenters. The van der Waals surface area contributed by atoms with Crippen LogP contribution < -0.4 is 4.90 Å². The summed E-state index contributed by atoms with van der Waals surface area (Å²) in [5.74, 6) is 1.09. The van der Waals surface area contributed by atoms with Crippen LogP contribution in [0.15, 0.2) is 54.9 Å². The van der Waals surface area contributed by atoms with E-state index in [4.69, 9.17) is 16.6 Å². The molecule has 0 aliphatic carbocycles. The lowest BCUT2D eigenvalue weighted by Crippen LogP contribution is -2.22. The number of benzene rings is 1. The average Bonchev–Trinajstić information content (AvgIpc) is 3.10. The summed E-state index contributed by atoms with van der Waals surface area (Å²) in [5, 5.41) is 20.3. The molecule has 1 aromatic carbocycles. The molecule has 3 aromatic rings. The molecule has 6 nitrogen and oxygen atoms in total. The molecule has 0 bridgehead atoms. The van der Waals surface area contributed by atoms with Gasteiger partial charge in [-0.1, -0.05) is 23.7 Å². The third-order valence-corrected chi connectivity index (χ3v) is 4.99. The van der Waals surface area contributed by atoms with Crippen molar-refractivity contribution < 1.29 is 10.2 Å². The van der Waals surface area contributed by atoms with Gasteiger partial charge in [0.05, 0.1) is 18.4 Å². The number of aliphatic hydroxyl groups is 2. The van der Waals surface area contributed by atoms with Crippen molar-refractivity contribution in [3.8, 4) is 22.6 Å². The van der Waals surface area contributed by atoms with E-state index in [2.05, 4.69) is 9.97 Å². The summed E-state index contributed by atoms with van der Waals surface area (Å²) < 4.78 is 0.